The minimum Gasteiger partial charge on any atom is -0.454 e. The lowest BCUT2D eigenvalue weighted by Crippen LogP contribution is -2.23. The molecule has 3 aromatic rings. The normalized spacial score (nSPS) is 11.7. The van der Waals surface area contributed by atoms with Gasteiger partial charge in [-0.2, -0.15) is 0 Å². The average molecular weight is 375 g/mol. The summed E-state index contributed by atoms with van der Waals surface area (Å²) in [7, 11) is 0. The Hall–Kier alpha value is -3.87. The molecule has 28 heavy (non-hydrogen) atoms. The van der Waals surface area contributed by atoms with E-state index in [-0.39, 0.29) is 18.6 Å². The van der Waals surface area contributed by atoms with Gasteiger partial charge in [-0.25, -0.2) is 0 Å². The zero-order valence-corrected chi connectivity index (χ0v) is 14.8. The molecule has 0 atom stereocenters. The monoisotopic (exact) mass is 375 g/mol. The first kappa shape index (κ1) is 17.5. The Morgan fingerprint density at radius 3 is 2.64 bits per heavy atom. The van der Waals surface area contributed by atoms with Crippen LogP contribution in [0.4, 0.5) is 5.69 Å². The Labute approximate surface area is 161 Å². The van der Waals surface area contributed by atoms with E-state index < -0.39 is 0 Å². The molecule has 1 aliphatic rings. The third-order valence-corrected chi connectivity index (χ3v) is 4.20. The van der Waals surface area contributed by atoms with Crippen molar-refractivity contribution < 1.29 is 19.1 Å². The summed E-state index contributed by atoms with van der Waals surface area (Å²) in [5.41, 5.74) is 2.33. The highest BCUT2D eigenvalue weighted by molar-refractivity contribution is 6.04. The molecule has 0 saturated heterocycles. The molecule has 2 N–H and O–H groups in total. The molecule has 0 fully saturated rings. The van der Waals surface area contributed by atoms with Gasteiger partial charge < -0.3 is 20.1 Å². The standard InChI is InChI=1S/C21H17N3O4/c25-20(23-11-14-6-7-18-19(9-14)28-13-27-18)15-3-1-5-17(10-15)24-21(26)16-4-2-8-22-12-16/h1-10,12H,11,13H2,(H,23,25)(H,24,26). The Bertz CT molecular complexity index is 1020. The number of ether oxygens (including phenoxy) is 2. The molecule has 2 amide bonds. The minimum absolute atomic E-state index is 0.211. The number of pyridine rings is 1. The van der Waals surface area contributed by atoms with Gasteiger partial charge in [-0.15, -0.1) is 0 Å². The first-order valence-electron chi connectivity index (χ1n) is 8.67. The van der Waals surface area contributed by atoms with Gasteiger partial charge in [-0.3, -0.25) is 14.6 Å². The lowest BCUT2D eigenvalue weighted by atomic mass is 10.1. The van der Waals surface area contributed by atoms with Gasteiger partial charge in [0.25, 0.3) is 11.8 Å². The number of amides is 2. The summed E-state index contributed by atoms with van der Waals surface area (Å²) in [6.07, 6.45) is 3.08. The van der Waals surface area contributed by atoms with Gasteiger partial charge in [-0.1, -0.05) is 12.1 Å². The van der Waals surface area contributed by atoms with Crippen LogP contribution in [0, 0.1) is 0 Å². The fraction of sp³-hybridized carbons (Fsp3) is 0.0952. The van der Waals surface area contributed by atoms with Crippen LogP contribution in [-0.2, 0) is 6.54 Å². The van der Waals surface area contributed by atoms with E-state index >= 15 is 0 Å². The summed E-state index contributed by atoms with van der Waals surface area (Å²) in [6.45, 7) is 0.560. The number of benzene rings is 2. The molecule has 0 unspecified atom stereocenters. The van der Waals surface area contributed by atoms with Crippen LogP contribution in [0.5, 0.6) is 11.5 Å². The second-order valence-corrected chi connectivity index (χ2v) is 6.15. The molecular formula is C21H17N3O4. The summed E-state index contributed by atoms with van der Waals surface area (Å²) in [4.78, 5) is 28.6. The molecule has 0 radical (unpaired) electrons. The fourth-order valence-corrected chi connectivity index (χ4v) is 2.77. The predicted octanol–water partition coefficient (Wildman–Crippen LogP) is 2.99. The fourth-order valence-electron chi connectivity index (χ4n) is 2.77. The lowest BCUT2D eigenvalue weighted by molar-refractivity contribution is 0.0949. The maximum absolute atomic E-state index is 12.5. The van der Waals surface area contributed by atoms with Gasteiger partial charge in [0.2, 0.25) is 6.79 Å². The Morgan fingerprint density at radius 1 is 0.929 bits per heavy atom. The van der Waals surface area contributed by atoms with Crippen molar-refractivity contribution in [1.29, 1.82) is 0 Å². The van der Waals surface area contributed by atoms with E-state index in [1.165, 1.54) is 6.20 Å². The molecule has 0 aliphatic carbocycles. The van der Waals surface area contributed by atoms with Crippen LogP contribution in [0.15, 0.2) is 67.0 Å². The number of anilines is 1. The second kappa shape index (κ2) is 7.79. The third kappa shape index (κ3) is 3.93. The average Bonchev–Trinajstić information content (AvgIpc) is 3.20. The van der Waals surface area contributed by atoms with Crippen molar-refractivity contribution in [1.82, 2.24) is 10.3 Å². The summed E-state index contributed by atoms with van der Waals surface area (Å²) < 4.78 is 10.6. The molecule has 0 saturated carbocycles. The van der Waals surface area contributed by atoms with Crippen molar-refractivity contribution in [2.75, 3.05) is 12.1 Å². The van der Waals surface area contributed by atoms with E-state index in [0.29, 0.717) is 34.9 Å². The highest BCUT2D eigenvalue weighted by atomic mass is 16.7. The molecule has 140 valence electrons. The van der Waals surface area contributed by atoms with E-state index in [2.05, 4.69) is 15.6 Å². The van der Waals surface area contributed by atoms with Gasteiger partial charge in [0, 0.05) is 30.2 Å². The second-order valence-electron chi connectivity index (χ2n) is 6.15. The quantitative estimate of drug-likeness (QED) is 0.716. The van der Waals surface area contributed by atoms with Crippen LogP contribution in [0.25, 0.3) is 0 Å². The Morgan fingerprint density at radius 2 is 1.79 bits per heavy atom. The van der Waals surface area contributed by atoms with Gasteiger partial charge in [0.05, 0.1) is 5.56 Å². The first-order valence-corrected chi connectivity index (χ1v) is 8.67. The van der Waals surface area contributed by atoms with Crippen LogP contribution in [0.3, 0.4) is 0 Å². The molecule has 2 aromatic carbocycles. The minimum atomic E-state index is -0.286. The maximum atomic E-state index is 12.5. The summed E-state index contributed by atoms with van der Waals surface area (Å²) in [6, 6.07) is 15.7. The van der Waals surface area contributed by atoms with E-state index in [0.717, 1.165) is 5.56 Å². The Kier molecular flexibility index (Phi) is 4.88. The van der Waals surface area contributed by atoms with Gasteiger partial charge in [0.1, 0.15) is 0 Å². The van der Waals surface area contributed by atoms with Crippen molar-refractivity contribution in [3.8, 4) is 11.5 Å². The molecule has 1 aliphatic heterocycles. The van der Waals surface area contributed by atoms with E-state index in [4.69, 9.17) is 9.47 Å². The van der Waals surface area contributed by atoms with Crippen LogP contribution >= 0.6 is 0 Å². The topological polar surface area (TPSA) is 89.5 Å². The summed E-state index contributed by atoms with van der Waals surface area (Å²) >= 11 is 0. The summed E-state index contributed by atoms with van der Waals surface area (Å²) in [5, 5.41) is 5.63. The Balaban J connectivity index is 1.39. The van der Waals surface area contributed by atoms with Crippen molar-refractivity contribution in [3.63, 3.8) is 0 Å². The third-order valence-electron chi connectivity index (χ3n) is 4.20. The first-order chi connectivity index (χ1) is 13.7. The number of carbonyl (C=O) groups excluding carboxylic acids is 2. The SMILES string of the molecule is O=C(NCc1ccc2c(c1)OCO2)c1cccc(NC(=O)c2cccnc2)c1. The molecule has 7 nitrogen and oxygen atoms in total. The molecule has 0 bridgehead atoms. The number of hydrogen-bond acceptors (Lipinski definition) is 5. The number of aromatic nitrogens is 1. The van der Waals surface area contributed by atoms with Crippen molar-refractivity contribution in [2.45, 2.75) is 6.54 Å². The zero-order chi connectivity index (χ0) is 19.3. The van der Waals surface area contributed by atoms with Crippen LogP contribution in [0.2, 0.25) is 0 Å². The van der Waals surface area contributed by atoms with Crippen LogP contribution < -0.4 is 20.1 Å². The number of hydrogen-bond donors (Lipinski definition) is 2. The number of nitrogens with zero attached hydrogens (tertiary/aromatic N) is 1. The molecule has 0 spiro atoms. The number of nitrogens with one attached hydrogen (secondary N) is 2. The van der Waals surface area contributed by atoms with Crippen molar-refractivity contribution >= 4 is 17.5 Å². The van der Waals surface area contributed by atoms with Crippen molar-refractivity contribution in [2.24, 2.45) is 0 Å². The maximum Gasteiger partial charge on any atom is 0.257 e. The van der Waals surface area contributed by atoms with E-state index in [1.54, 1.807) is 42.6 Å². The highest BCUT2D eigenvalue weighted by Crippen LogP contribution is 2.32. The molecule has 4 rings (SSSR count). The van der Waals surface area contributed by atoms with Gasteiger partial charge in [0.15, 0.2) is 11.5 Å². The molecule has 7 heteroatoms. The number of fused-ring (bicyclic) bond motifs is 1. The molecular weight excluding hydrogens is 358 g/mol. The van der Waals surface area contributed by atoms with Crippen LogP contribution in [-0.4, -0.2) is 23.6 Å². The highest BCUT2D eigenvalue weighted by Gasteiger charge is 2.14. The van der Waals surface area contributed by atoms with Gasteiger partial charge >= 0.3 is 0 Å². The largest absolute Gasteiger partial charge is 0.454 e. The summed E-state index contributed by atoms with van der Waals surface area (Å²) in [5.74, 6) is 0.847. The molecule has 1 aromatic heterocycles. The van der Waals surface area contributed by atoms with Gasteiger partial charge in [-0.05, 0) is 48.0 Å². The lowest BCUT2D eigenvalue weighted by Gasteiger charge is -2.09. The van der Waals surface area contributed by atoms with E-state index in [9.17, 15) is 9.59 Å². The van der Waals surface area contributed by atoms with E-state index in [1.807, 2.05) is 18.2 Å². The zero-order valence-electron chi connectivity index (χ0n) is 14.8. The molecule has 2 heterocycles. The number of carbonyl (C=O) groups is 2. The van der Waals surface area contributed by atoms with Crippen LogP contribution in [0.1, 0.15) is 26.3 Å². The smallest absolute Gasteiger partial charge is 0.257 e. The predicted molar refractivity (Wildman–Crippen MR) is 102 cm³/mol. The number of rotatable bonds is 5. The van der Waals surface area contributed by atoms with Crippen molar-refractivity contribution in [3.05, 3.63) is 83.7 Å².